The van der Waals surface area contributed by atoms with Gasteiger partial charge in [-0.3, -0.25) is 9.69 Å². The Bertz CT molecular complexity index is 1370. The van der Waals surface area contributed by atoms with E-state index in [4.69, 9.17) is 4.98 Å². The van der Waals surface area contributed by atoms with Crippen molar-refractivity contribution in [2.75, 3.05) is 37.6 Å². The highest BCUT2D eigenvalue weighted by Gasteiger charge is 2.29. The predicted octanol–water partition coefficient (Wildman–Crippen LogP) is 4.44. The molecule has 2 aliphatic heterocycles. The number of carbonyl (C=O) groups is 1. The van der Waals surface area contributed by atoms with Gasteiger partial charge in [-0.25, -0.2) is 9.97 Å². The monoisotopic (exact) mass is 496 g/mol. The average Bonchev–Trinajstić information content (AvgIpc) is 3.44. The summed E-state index contributed by atoms with van der Waals surface area (Å²) in [5.41, 5.74) is 5.50. The number of aromatic nitrogens is 3. The summed E-state index contributed by atoms with van der Waals surface area (Å²) in [4.78, 5) is 27.4. The van der Waals surface area contributed by atoms with Gasteiger partial charge in [-0.15, -0.1) is 0 Å². The zero-order chi connectivity index (χ0) is 25.2. The molecule has 7 heteroatoms. The molecule has 0 aliphatic carbocycles. The van der Waals surface area contributed by atoms with Gasteiger partial charge >= 0.3 is 0 Å². The van der Waals surface area contributed by atoms with Gasteiger partial charge < -0.3 is 14.6 Å². The van der Waals surface area contributed by atoms with Gasteiger partial charge in [-0.1, -0.05) is 29.8 Å². The Hall–Kier alpha value is -3.45. The zero-order valence-electron chi connectivity index (χ0n) is 21.6. The quantitative estimate of drug-likeness (QED) is 0.428. The van der Waals surface area contributed by atoms with E-state index in [9.17, 15) is 4.79 Å². The number of aryl methyl sites for hydroxylation is 1. The molecule has 6 rings (SSSR count). The minimum Gasteiger partial charge on any atom is -0.356 e. The third kappa shape index (κ3) is 5.18. The molecule has 1 aromatic carbocycles. The number of amides is 1. The Morgan fingerprint density at radius 3 is 2.65 bits per heavy atom. The van der Waals surface area contributed by atoms with Crippen LogP contribution in [0.15, 0.2) is 60.9 Å². The van der Waals surface area contributed by atoms with Crippen LogP contribution in [0.4, 0.5) is 5.82 Å². The van der Waals surface area contributed by atoms with Crippen molar-refractivity contribution in [1.29, 1.82) is 0 Å². The molecule has 0 spiro atoms. The van der Waals surface area contributed by atoms with Crippen molar-refractivity contribution in [3.05, 3.63) is 72.1 Å². The molecule has 4 aromatic rings. The number of nitrogens with zero attached hydrogens (tertiary/aromatic N) is 5. The number of anilines is 1. The number of hydrogen-bond acceptors (Lipinski definition) is 5. The summed E-state index contributed by atoms with van der Waals surface area (Å²) in [6, 6.07) is 17.0. The topological polar surface area (TPSA) is 65.8 Å². The molecule has 0 saturated carbocycles. The van der Waals surface area contributed by atoms with Gasteiger partial charge in [0.25, 0.3) is 0 Å². The minimum atomic E-state index is -0.00776. The molecule has 2 fully saturated rings. The van der Waals surface area contributed by atoms with E-state index in [-0.39, 0.29) is 11.8 Å². The van der Waals surface area contributed by atoms with Gasteiger partial charge in [0.1, 0.15) is 0 Å². The highest BCUT2D eigenvalue weighted by molar-refractivity contribution is 5.84. The van der Waals surface area contributed by atoms with Gasteiger partial charge in [0.05, 0.1) is 17.0 Å². The van der Waals surface area contributed by atoms with Crippen molar-refractivity contribution < 1.29 is 4.79 Å². The van der Waals surface area contributed by atoms with E-state index < -0.39 is 0 Å². The molecular weight excluding hydrogens is 460 g/mol. The molecule has 192 valence electrons. The molecule has 1 amide bonds. The van der Waals surface area contributed by atoms with Gasteiger partial charge in [-0.2, -0.15) is 0 Å². The lowest BCUT2D eigenvalue weighted by atomic mass is 9.94. The van der Waals surface area contributed by atoms with Gasteiger partial charge in [0.2, 0.25) is 5.91 Å². The number of carbonyl (C=O) groups excluding carboxylic acids is 1. The molecular formula is C30H36N6O. The van der Waals surface area contributed by atoms with Crippen LogP contribution in [0.25, 0.3) is 16.7 Å². The van der Waals surface area contributed by atoms with E-state index in [0.717, 1.165) is 80.9 Å². The second kappa shape index (κ2) is 10.5. The van der Waals surface area contributed by atoms with Crippen LogP contribution in [-0.4, -0.2) is 57.9 Å². The first-order valence-electron chi connectivity index (χ1n) is 13.7. The largest absolute Gasteiger partial charge is 0.356 e. The zero-order valence-corrected chi connectivity index (χ0v) is 21.6. The van der Waals surface area contributed by atoms with E-state index in [1.807, 2.05) is 18.2 Å². The number of benzene rings is 1. The Balaban J connectivity index is 1.04. The number of fused-ring (bicyclic) bond motifs is 3. The van der Waals surface area contributed by atoms with Crippen molar-refractivity contribution in [2.24, 2.45) is 11.8 Å². The maximum atomic E-state index is 13.2. The molecule has 1 N–H and O–H groups in total. The molecule has 0 radical (unpaired) electrons. The summed E-state index contributed by atoms with van der Waals surface area (Å²) in [6.07, 6.45) is 8.05. The summed E-state index contributed by atoms with van der Waals surface area (Å²) in [7, 11) is 0. The number of piperidine rings is 2. The Morgan fingerprint density at radius 1 is 1.00 bits per heavy atom. The summed E-state index contributed by atoms with van der Waals surface area (Å²) in [5, 5.41) is 3.30. The number of nitrogens with one attached hydrogen (secondary N) is 1. The van der Waals surface area contributed by atoms with Crippen molar-refractivity contribution in [2.45, 2.75) is 39.2 Å². The molecule has 1 atom stereocenters. The maximum Gasteiger partial charge on any atom is 0.224 e. The first kappa shape index (κ1) is 23.9. The van der Waals surface area contributed by atoms with Crippen LogP contribution in [-0.2, 0) is 11.3 Å². The lowest BCUT2D eigenvalue weighted by Gasteiger charge is -2.34. The third-order valence-electron chi connectivity index (χ3n) is 8.11. The minimum absolute atomic E-state index is 0.00776. The van der Waals surface area contributed by atoms with Gasteiger partial charge in [0.15, 0.2) is 11.5 Å². The lowest BCUT2D eigenvalue weighted by molar-refractivity contribution is -0.125. The van der Waals surface area contributed by atoms with E-state index in [2.05, 4.69) is 68.0 Å². The molecule has 5 heterocycles. The molecule has 37 heavy (non-hydrogen) atoms. The van der Waals surface area contributed by atoms with Crippen LogP contribution in [0, 0.1) is 18.8 Å². The summed E-state index contributed by atoms with van der Waals surface area (Å²) >= 11 is 0. The first-order valence-corrected chi connectivity index (χ1v) is 13.7. The Morgan fingerprint density at radius 2 is 1.81 bits per heavy atom. The number of hydrogen-bond donors (Lipinski definition) is 1. The maximum absolute atomic E-state index is 13.2. The average molecular weight is 497 g/mol. The van der Waals surface area contributed by atoms with Crippen LogP contribution in [0.5, 0.6) is 0 Å². The van der Waals surface area contributed by atoms with Gasteiger partial charge in [0, 0.05) is 38.6 Å². The fraction of sp³-hybridized carbons (Fsp3) is 0.433. The lowest BCUT2D eigenvalue weighted by Crippen LogP contribution is -2.45. The van der Waals surface area contributed by atoms with Crippen molar-refractivity contribution in [3.63, 3.8) is 0 Å². The summed E-state index contributed by atoms with van der Waals surface area (Å²) < 4.78 is 2.15. The fourth-order valence-electron chi connectivity index (χ4n) is 5.90. The molecule has 7 nitrogen and oxygen atoms in total. The second-order valence-corrected chi connectivity index (χ2v) is 10.8. The van der Waals surface area contributed by atoms with Crippen molar-refractivity contribution >= 4 is 28.4 Å². The normalized spacial score (nSPS) is 19.5. The van der Waals surface area contributed by atoms with E-state index in [1.54, 1.807) is 6.20 Å². The second-order valence-electron chi connectivity index (χ2n) is 10.8. The van der Waals surface area contributed by atoms with Gasteiger partial charge in [-0.05, 0) is 81.4 Å². The molecule has 2 aliphatic rings. The molecule has 2 saturated heterocycles. The predicted molar refractivity (Wildman–Crippen MR) is 148 cm³/mol. The first-order chi connectivity index (χ1) is 18.1. The van der Waals surface area contributed by atoms with Crippen LogP contribution >= 0.6 is 0 Å². The highest BCUT2D eigenvalue weighted by atomic mass is 16.1. The SMILES string of the molecule is Cc1ccc(CN2CCC(CNC(=O)[C@@H]3CCCN(c4nc5ncccc5n5cccc45)C3)CC2)cc1. The Kier molecular flexibility index (Phi) is 6.79. The number of rotatable bonds is 6. The van der Waals surface area contributed by atoms with E-state index in [0.29, 0.717) is 12.5 Å². The van der Waals surface area contributed by atoms with E-state index >= 15 is 0 Å². The van der Waals surface area contributed by atoms with Crippen molar-refractivity contribution in [1.82, 2.24) is 24.6 Å². The summed E-state index contributed by atoms with van der Waals surface area (Å²) in [5.74, 6) is 1.67. The molecule has 0 bridgehead atoms. The standard InChI is InChI=1S/C30H36N6O/c1-22-8-10-24(11-9-22)20-34-17-12-23(13-18-34)19-32-30(37)25-5-3-15-35(21-25)29-27-7-4-16-36(27)26-6-2-14-31-28(26)33-29/h2,4,6-11,14,16,23,25H,3,5,12-13,15,17-21H2,1H3,(H,32,37)/t25-/m1/s1. The third-order valence-corrected chi connectivity index (χ3v) is 8.11. The van der Waals surface area contributed by atoms with Crippen LogP contribution in [0.1, 0.15) is 36.8 Å². The number of likely N-dealkylation sites (tertiary alicyclic amines) is 1. The van der Waals surface area contributed by atoms with E-state index in [1.165, 1.54) is 11.1 Å². The van der Waals surface area contributed by atoms with Crippen LogP contribution < -0.4 is 10.2 Å². The summed E-state index contributed by atoms with van der Waals surface area (Å²) in [6.45, 7) is 7.75. The number of pyridine rings is 1. The highest BCUT2D eigenvalue weighted by Crippen LogP contribution is 2.28. The van der Waals surface area contributed by atoms with Crippen LogP contribution in [0.3, 0.4) is 0 Å². The fourth-order valence-corrected chi connectivity index (χ4v) is 5.90. The smallest absolute Gasteiger partial charge is 0.224 e. The van der Waals surface area contributed by atoms with Crippen LogP contribution in [0.2, 0.25) is 0 Å². The molecule has 3 aromatic heterocycles. The van der Waals surface area contributed by atoms with Crippen molar-refractivity contribution in [3.8, 4) is 0 Å². The Labute approximate surface area is 218 Å². The molecule has 0 unspecified atom stereocenters.